The lowest BCUT2D eigenvalue weighted by Gasteiger charge is -2.36. The van der Waals surface area contributed by atoms with Crippen LogP contribution in [0.2, 0.25) is 0 Å². The van der Waals surface area contributed by atoms with Crippen molar-refractivity contribution in [3.05, 3.63) is 120 Å². The second-order valence-electron chi connectivity index (χ2n) is 34.1. The normalized spacial score (nSPS) is 24.7. The Morgan fingerprint density at radius 2 is 1.07 bits per heavy atom. The topological polar surface area (TPSA) is 663 Å². The highest BCUT2D eigenvalue weighted by Gasteiger charge is 2.47. The summed E-state index contributed by atoms with van der Waals surface area (Å²) in [5.74, 6) is -19.5. The first-order valence-electron chi connectivity index (χ1n) is 45.1. The van der Waals surface area contributed by atoms with E-state index >= 15 is 38.4 Å². The third kappa shape index (κ3) is 29.2. The molecule has 3 aliphatic heterocycles. The Kier molecular flexibility index (Phi) is 39.3. The summed E-state index contributed by atoms with van der Waals surface area (Å²) in [6.07, 6.45) is 2.45. The number of benzene rings is 3. The average Bonchev–Trinajstić information content (AvgIpc) is 1.80. The zero-order chi connectivity index (χ0) is 98.4. The summed E-state index contributed by atoms with van der Waals surface area (Å²) in [4.78, 5) is 281. The summed E-state index contributed by atoms with van der Waals surface area (Å²) in [6, 6.07) is -3.29. The molecule has 3 saturated heterocycles. The molecule has 23 N–H and O–H groups in total. The number of fused-ring (bicyclic) bond motifs is 4. The van der Waals surface area contributed by atoms with E-state index in [1.54, 1.807) is 60.9 Å². The van der Waals surface area contributed by atoms with Gasteiger partial charge in [-0.3, -0.25) is 86.3 Å². The number of amides is 17. The molecule has 0 unspecified atom stereocenters. The maximum Gasteiger partial charge on any atom is 0.305 e. The molecule has 0 bridgehead atoms. The molecule has 0 aliphatic carbocycles. The lowest BCUT2D eigenvalue weighted by Crippen LogP contribution is -2.61. The van der Waals surface area contributed by atoms with Gasteiger partial charge in [-0.05, 0) is 106 Å². The number of unbranched alkanes of at least 4 members (excludes halogenated alkanes) is 3. The smallest absolute Gasteiger partial charge is 0.305 e. The lowest BCUT2D eigenvalue weighted by molar-refractivity contribution is -0.149. The Hall–Kier alpha value is -13.6. The van der Waals surface area contributed by atoms with Crippen LogP contribution in [0.5, 0.6) is 5.75 Å². The van der Waals surface area contributed by atoms with Crippen molar-refractivity contribution >= 4 is 140 Å². The van der Waals surface area contributed by atoms with E-state index in [9.17, 15) is 68.4 Å². The minimum atomic E-state index is -1.94. The van der Waals surface area contributed by atoms with Crippen molar-refractivity contribution in [3.63, 3.8) is 0 Å². The summed E-state index contributed by atoms with van der Waals surface area (Å²) < 4.78 is 0. The first-order chi connectivity index (χ1) is 64.4. The average molecular weight is 1900 g/mol. The number of aromatic nitrogens is 4. The molecule has 0 radical (unpaired) electrons. The number of aromatic hydroxyl groups is 1. The molecule has 3 aromatic heterocycles. The van der Waals surface area contributed by atoms with E-state index in [2.05, 4.69) is 73.1 Å². The molecule has 3 fully saturated rings. The van der Waals surface area contributed by atoms with Gasteiger partial charge in [0.1, 0.15) is 90.3 Å². The fourth-order valence-electron chi connectivity index (χ4n) is 16.6. The maximum atomic E-state index is 15.7. The molecule has 0 spiro atoms. The van der Waals surface area contributed by atoms with Crippen molar-refractivity contribution in [1.82, 2.24) is 97.6 Å². The Morgan fingerprint density at radius 1 is 0.533 bits per heavy atom. The van der Waals surface area contributed by atoms with Crippen LogP contribution in [0, 0.1) is 0 Å². The maximum absolute atomic E-state index is 15.7. The first-order valence-corrected chi connectivity index (χ1v) is 46.2. The number of hydrogen-bond acceptors (Lipinski definition) is 24. The third-order valence-electron chi connectivity index (χ3n) is 24.2. The molecule has 0 saturated carbocycles. The van der Waals surface area contributed by atoms with Crippen molar-refractivity contribution in [2.45, 2.75) is 233 Å². The Labute approximate surface area is 782 Å². The van der Waals surface area contributed by atoms with E-state index in [1.165, 1.54) is 64.9 Å². The fourth-order valence-corrected chi connectivity index (χ4v) is 17.4. The van der Waals surface area contributed by atoms with Crippen LogP contribution in [0.4, 0.5) is 0 Å². The van der Waals surface area contributed by atoms with Crippen molar-refractivity contribution < 1.29 is 107 Å². The molecule has 9 rings (SSSR count). The molecule has 45 heteroatoms. The van der Waals surface area contributed by atoms with Gasteiger partial charge < -0.3 is 130 Å². The number of H-pyrrole nitrogens is 3. The molecule has 3 aromatic carbocycles. The molecule has 732 valence electrons. The number of imidazole rings is 1. The molecule has 44 nitrogen and oxygen atoms in total. The Bertz CT molecular complexity index is 5210. The van der Waals surface area contributed by atoms with Gasteiger partial charge in [0.25, 0.3) is 0 Å². The summed E-state index contributed by atoms with van der Waals surface area (Å²) in [5, 5.41) is 70.3. The zero-order valence-electron chi connectivity index (χ0n) is 76.2. The number of aliphatic hydroxyl groups excluding tert-OH is 2. The number of nitrogens with one attached hydrogen (secondary N) is 13. The highest BCUT2D eigenvalue weighted by atomic mass is 32.2. The number of likely N-dealkylation sites (N-methyl/N-ethyl adjacent to an activating group) is 3. The monoisotopic (exact) mass is 1900 g/mol. The number of aromatic amines is 3. The number of nitrogens with two attached hydrogens (primary N) is 3. The largest absolute Gasteiger partial charge is 0.508 e. The Morgan fingerprint density at radius 3 is 1.67 bits per heavy atom. The molecule has 6 heterocycles. The summed E-state index contributed by atoms with van der Waals surface area (Å²) in [7, 11) is 3.87. The van der Waals surface area contributed by atoms with Crippen LogP contribution in [0.1, 0.15) is 139 Å². The van der Waals surface area contributed by atoms with Gasteiger partial charge in [-0.2, -0.15) is 0 Å². The highest BCUT2D eigenvalue weighted by molar-refractivity contribution is 8.00. The van der Waals surface area contributed by atoms with E-state index in [-0.39, 0.29) is 82.3 Å². The minimum absolute atomic E-state index is 0.0000503. The molecular weight excluding hydrogens is 1770 g/mol. The number of carbonyl (C=O) groups excluding carboxylic acids is 17. The second kappa shape index (κ2) is 50.5. The van der Waals surface area contributed by atoms with Crippen LogP contribution in [0.25, 0.3) is 21.8 Å². The number of rotatable bonds is 27. The van der Waals surface area contributed by atoms with Crippen LogP contribution < -0.4 is 70.4 Å². The summed E-state index contributed by atoms with van der Waals surface area (Å²) in [5.41, 5.74) is 19.7. The molecular formula is C90H124N22O22S. The molecule has 6 aromatic rings. The number of thioether (sulfide) groups is 1. The van der Waals surface area contributed by atoms with Crippen LogP contribution in [-0.4, -0.2) is 327 Å². The summed E-state index contributed by atoms with van der Waals surface area (Å²) >= 11 is 0.765. The van der Waals surface area contributed by atoms with Crippen molar-refractivity contribution in [2.24, 2.45) is 17.2 Å². The Balaban J connectivity index is 1.10. The number of phenolic OH excluding ortho intramolecular Hbond substituents is 1. The van der Waals surface area contributed by atoms with E-state index in [0.717, 1.165) is 36.3 Å². The lowest BCUT2D eigenvalue weighted by atomic mass is 10.00. The third-order valence-corrected chi connectivity index (χ3v) is 25.3. The zero-order valence-corrected chi connectivity index (χ0v) is 77.1. The van der Waals surface area contributed by atoms with Gasteiger partial charge in [0, 0.05) is 119 Å². The molecule has 3 aliphatic rings. The number of aliphatic carboxylic acids is 1. The van der Waals surface area contributed by atoms with Gasteiger partial charge in [0.15, 0.2) is 0 Å². The SMILES string of the molecule is CCCC[C@H]1C(=O)N(C)[C@@H](CCCC)C(=O)N[C@@H](CCCCN)C(=O)N[C@H](C(=O)NCC(N)=O)CSCC(=O)N[C@@H](Cc2ccc(O)cc2)C(=O)N(C)[C@@H](C)C(=O)N[C@@H](CC(=O)O)C(=O)N2CCC[C@H]2C(=O)N[C@@H](Cc2c[nH]cn2)C(=O)N[C@@H](CCC(N)=O)C(=O)N2C[C@H](O)C[C@H]2C(=O)N[C@@H](Cc2c[nH]c3ccccc23)C(=O)N[C@@H](CO)C(=O)N[C@@H](Cc2c[nH]c3ccccc23)C(=O)N1C. The first kappa shape index (κ1) is 105. The number of aliphatic hydroxyl groups is 2. The van der Waals surface area contributed by atoms with Crippen LogP contribution in [0.3, 0.4) is 0 Å². The number of para-hydroxylation sites is 2. The van der Waals surface area contributed by atoms with E-state index in [0.29, 0.717) is 70.6 Å². The molecule has 17 amide bonds. The van der Waals surface area contributed by atoms with Crippen LogP contribution >= 0.6 is 11.8 Å². The number of nitrogens with zero attached hydrogens (tertiary/aromatic N) is 6. The van der Waals surface area contributed by atoms with Gasteiger partial charge in [0.2, 0.25) is 100 Å². The van der Waals surface area contributed by atoms with Crippen LogP contribution in [-0.2, 0) is 112 Å². The standard InChI is InChI=1S/C90H124N22O22S/c1-7-9-23-69-83(127)100-60(22-15-16-32-91)79(123)107-68(78(122)97-43-74(93)117)46-135-47-75(118)99-64(34-50-26-28-54(114)29-27-50)86(130)108(4)49(3)77(121)104-66(39-76(119)120)89(133)111-33-17-25-70(111)84(128)103-63(37-53-42-94-48-98-53)81(125)101-61(30-31-73(92)116)88(132)112-44-55(115)38-72(112)85(129)102-62(35-51-40-95-58-20-13-11-18-56(51)58)80(124)106-67(45-113)82(126)105-65(36-52-41-96-59-21-14-12-19-57(52)59)87(131)110(6)71(24-10-8-2)90(134)109(69)5/h11-14,18-21,26-29,40-42,48-49,55,60-72,95-96,113-115H,7-10,15-17,22-25,30-39,43-47,91H2,1-6H3,(H2,92,116)(H2,93,117)(H,94,98)(H,97,122)(H,99,118)(H,100,127)(H,101,125)(H,102,129)(H,103,128)(H,104,121)(H,105,126)(H,106,124)(H,107,123)(H,119,120)/t49-,55+,60-,61-,62-,63-,64-,65-,66-,67-,68-,69-,70-,71-,72-/m0/s1. The van der Waals surface area contributed by atoms with Gasteiger partial charge >= 0.3 is 5.97 Å². The van der Waals surface area contributed by atoms with Crippen molar-refractivity contribution in [2.75, 3.05) is 65.4 Å². The predicted molar refractivity (Wildman–Crippen MR) is 491 cm³/mol. The number of hydrogen-bond donors (Lipinski definition) is 20. The summed E-state index contributed by atoms with van der Waals surface area (Å²) in [6.45, 7) is 2.43. The number of phenols is 1. The van der Waals surface area contributed by atoms with E-state index in [4.69, 9.17) is 17.2 Å². The second-order valence-corrected chi connectivity index (χ2v) is 35.1. The van der Waals surface area contributed by atoms with Gasteiger partial charge in [-0.25, -0.2) is 4.98 Å². The number of carbonyl (C=O) groups is 18. The number of carboxylic acid groups (broad SMARTS) is 1. The van der Waals surface area contributed by atoms with Crippen LogP contribution in [0.15, 0.2) is 97.7 Å². The predicted octanol–water partition coefficient (Wildman–Crippen LogP) is -3.24. The minimum Gasteiger partial charge on any atom is -0.508 e. The van der Waals surface area contributed by atoms with E-state index in [1.807, 2.05) is 13.8 Å². The van der Waals surface area contributed by atoms with Crippen molar-refractivity contribution in [1.29, 1.82) is 0 Å². The fraction of sp³-hybridized carbons (Fsp3) is 0.522. The number of carboxylic acids is 1. The van der Waals surface area contributed by atoms with Gasteiger partial charge in [-0.1, -0.05) is 88.1 Å². The van der Waals surface area contributed by atoms with Crippen molar-refractivity contribution in [3.8, 4) is 5.75 Å². The highest BCUT2D eigenvalue weighted by Crippen LogP contribution is 2.28. The van der Waals surface area contributed by atoms with E-state index < -0.39 is 260 Å². The molecule has 15 atom stereocenters. The van der Waals surface area contributed by atoms with Gasteiger partial charge in [0.05, 0.1) is 43.5 Å². The number of primary amides is 2. The van der Waals surface area contributed by atoms with Gasteiger partial charge in [-0.15, -0.1) is 11.8 Å². The quantitative estimate of drug-likeness (QED) is 0.0225. The molecule has 135 heavy (non-hydrogen) atoms.